The molecule has 4 N–H and O–H groups in total. The average Bonchev–Trinajstić information content (AvgIpc) is 3.71. The van der Waals surface area contributed by atoms with Crippen LogP contribution in [0.5, 0.6) is 0 Å². The van der Waals surface area contributed by atoms with Crippen LogP contribution >= 0.6 is 34.7 Å². The Morgan fingerprint density at radius 2 is 1.24 bits per heavy atom. The zero-order chi connectivity index (χ0) is 26.5. The summed E-state index contributed by atoms with van der Waals surface area (Å²) in [6.07, 6.45) is 3.39. The van der Waals surface area contributed by atoms with Gasteiger partial charge in [0, 0.05) is 34.5 Å². The minimum atomic E-state index is -0.321. The van der Waals surface area contributed by atoms with E-state index in [0.29, 0.717) is 32.6 Å². The van der Waals surface area contributed by atoms with Crippen molar-refractivity contribution in [1.82, 2.24) is 39.1 Å². The summed E-state index contributed by atoms with van der Waals surface area (Å²) in [5, 5.41) is 21.5. The standard InChI is InChI=1S/C12H10ClN5S.C12H10FN5S/c2*1-7-8(6-14-17-7)11-16-12(19-18-11)15-10-5-3-2-4-9(10)13/h2*2-6H,1H3,(H,14,17)(H,15,16,18). The van der Waals surface area contributed by atoms with Crippen molar-refractivity contribution in [2.75, 3.05) is 10.6 Å². The van der Waals surface area contributed by atoms with Crippen LogP contribution in [0.2, 0.25) is 5.02 Å². The van der Waals surface area contributed by atoms with E-state index in [4.69, 9.17) is 11.6 Å². The summed E-state index contributed by atoms with van der Waals surface area (Å²) in [6.45, 7) is 3.83. The molecule has 0 unspecified atom stereocenters. The van der Waals surface area contributed by atoms with Gasteiger partial charge in [0.05, 0.1) is 39.9 Å². The van der Waals surface area contributed by atoms with Crippen LogP contribution in [0.25, 0.3) is 22.8 Å². The molecule has 0 spiro atoms. The molecule has 0 bridgehead atoms. The Morgan fingerprint density at radius 3 is 1.74 bits per heavy atom. The second-order valence-electron chi connectivity index (χ2n) is 7.87. The third-order valence-corrected chi connectivity index (χ3v) is 6.82. The van der Waals surface area contributed by atoms with Gasteiger partial charge in [-0.2, -0.15) is 28.9 Å². The van der Waals surface area contributed by atoms with E-state index < -0.39 is 0 Å². The van der Waals surface area contributed by atoms with Crippen LogP contribution in [-0.2, 0) is 0 Å². The summed E-state index contributed by atoms with van der Waals surface area (Å²) in [5.41, 5.74) is 4.79. The molecule has 0 fully saturated rings. The summed E-state index contributed by atoms with van der Waals surface area (Å²) in [6, 6.07) is 14.0. The topological polar surface area (TPSA) is 133 Å². The van der Waals surface area contributed by atoms with E-state index in [1.807, 2.05) is 38.1 Å². The predicted octanol–water partition coefficient (Wildman–Crippen LogP) is 6.75. The molecule has 0 aliphatic carbocycles. The molecule has 0 saturated carbocycles. The largest absolute Gasteiger partial charge is 0.329 e. The first-order valence-corrected chi connectivity index (χ1v) is 13.1. The Balaban J connectivity index is 0.000000155. The van der Waals surface area contributed by atoms with Crippen molar-refractivity contribution in [2.24, 2.45) is 0 Å². The van der Waals surface area contributed by atoms with Gasteiger partial charge in [-0.15, -0.1) is 0 Å². The maximum atomic E-state index is 13.5. The maximum Gasteiger partial charge on any atom is 0.207 e. The number of nitrogens with zero attached hydrogens (tertiary/aromatic N) is 6. The molecule has 0 aliphatic heterocycles. The van der Waals surface area contributed by atoms with Crippen LogP contribution in [0.15, 0.2) is 60.9 Å². The molecule has 10 nitrogen and oxygen atoms in total. The molecule has 4 heterocycles. The number of H-pyrrole nitrogens is 2. The van der Waals surface area contributed by atoms with E-state index in [2.05, 4.69) is 49.7 Å². The number of aryl methyl sites for hydroxylation is 2. The molecule has 0 radical (unpaired) electrons. The van der Waals surface area contributed by atoms with Crippen molar-refractivity contribution in [2.45, 2.75) is 13.8 Å². The van der Waals surface area contributed by atoms with Crippen LogP contribution in [-0.4, -0.2) is 39.1 Å². The number of hydrogen-bond donors (Lipinski definition) is 4. The first-order chi connectivity index (χ1) is 18.5. The Morgan fingerprint density at radius 1 is 0.737 bits per heavy atom. The quantitative estimate of drug-likeness (QED) is 0.174. The SMILES string of the molecule is Cc1[nH]ncc1-c1nsc(Nc2ccccc2Cl)n1.Cc1[nH]ncc1-c1nsc(Nc2ccccc2F)n1. The van der Waals surface area contributed by atoms with E-state index in [1.165, 1.54) is 29.1 Å². The lowest BCUT2D eigenvalue weighted by molar-refractivity contribution is 0.632. The fraction of sp³-hybridized carbons (Fsp3) is 0.0833. The minimum absolute atomic E-state index is 0.321. The van der Waals surface area contributed by atoms with Crippen molar-refractivity contribution in [3.63, 3.8) is 0 Å². The number of halogens is 2. The molecule has 0 amide bonds. The summed E-state index contributed by atoms with van der Waals surface area (Å²) in [7, 11) is 0. The highest BCUT2D eigenvalue weighted by Gasteiger charge is 2.12. The average molecular weight is 567 g/mol. The first-order valence-electron chi connectivity index (χ1n) is 11.2. The van der Waals surface area contributed by atoms with E-state index in [9.17, 15) is 4.39 Å². The number of aromatic amines is 2. The molecule has 14 heteroatoms. The third-order valence-electron chi connectivity index (χ3n) is 5.22. The Hall–Kier alpha value is -4.20. The third kappa shape index (κ3) is 5.85. The van der Waals surface area contributed by atoms with Gasteiger partial charge in [-0.25, -0.2) is 4.39 Å². The molecular weight excluding hydrogens is 547 g/mol. The lowest BCUT2D eigenvalue weighted by Gasteiger charge is -2.03. The number of nitrogens with one attached hydrogen (secondary N) is 4. The molecule has 0 saturated heterocycles. The van der Waals surface area contributed by atoms with E-state index in [-0.39, 0.29) is 5.82 Å². The zero-order valence-electron chi connectivity index (χ0n) is 20.0. The second-order valence-corrected chi connectivity index (χ2v) is 9.78. The summed E-state index contributed by atoms with van der Waals surface area (Å²) in [5.74, 6) is 0.916. The molecule has 6 rings (SSSR count). The fourth-order valence-corrected chi connectivity index (χ4v) is 4.65. The smallest absolute Gasteiger partial charge is 0.207 e. The number of rotatable bonds is 6. The second kappa shape index (κ2) is 11.5. The Kier molecular flexibility index (Phi) is 7.67. The van der Waals surface area contributed by atoms with Crippen LogP contribution in [0.3, 0.4) is 0 Å². The molecule has 6 aromatic rings. The Labute approximate surface area is 229 Å². The van der Waals surface area contributed by atoms with Gasteiger partial charge in [-0.05, 0) is 38.1 Å². The van der Waals surface area contributed by atoms with Crippen LogP contribution < -0.4 is 10.6 Å². The normalized spacial score (nSPS) is 10.6. The predicted molar refractivity (Wildman–Crippen MR) is 149 cm³/mol. The first kappa shape index (κ1) is 25.4. The maximum absolute atomic E-state index is 13.5. The molecule has 192 valence electrons. The van der Waals surface area contributed by atoms with Crippen LogP contribution in [0.1, 0.15) is 11.4 Å². The van der Waals surface area contributed by atoms with Gasteiger partial charge in [0.25, 0.3) is 0 Å². The molecule has 38 heavy (non-hydrogen) atoms. The van der Waals surface area contributed by atoms with Crippen molar-refractivity contribution in [3.05, 3.63) is 83.2 Å². The van der Waals surface area contributed by atoms with Gasteiger partial charge in [-0.3, -0.25) is 10.2 Å². The van der Waals surface area contributed by atoms with Gasteiger partial charge in [0.1, 0.15) is 5.82 Å². The van der Waals surface area contributed by atoms with Crippen LogP contribution in [0.4, 0.5) is 26.0 Å². The minimum Gasteiger partial charge on any atom is -0.329 e. The molecule has 0 atom stereocenters. The van der Waals surface area contributed by atoms with Gasteiger partial charge >= 0.3 is 0 Å². The summed E-state index contributed by atoms with van der Waals surface area (Å²) < 4.78 is 22.0. The van der Waals surface area contributed by atoms with Crippen LogP contribution in [0, 0.1) is 19.7 Å². The fourth-order valence-electron chi connectivity index (χ4n) is 3.28. The highest BCUT2D eigenvalue weighted by Crippen LogP contribution is 2.29. The molecule has 2 aromatic carbocycles. The number of anilines is 4. The monoisotopic (exact) mass is 566 g/mol. The van der Waals surface area contributed by atoms with Gasteiger partial charge in [0.2, 0.25) is 10.3 Å². The van der Waals surface area contributed by atoms with Crippen molar-refractivity contribution in [1.29, 1.82) is 0 Å². The summed E-state index contributed by atoms with van der Waals surface area (Å²) in [4.78, 5) is 8.75. The van der Waals surface area contributed by atoms with E-state index in [1.54, 1.807) is 30.6 Å². The van der Waals surface area contributed by atoms with Crippen molar-refractivity contribution >= 4 is 56.3 Å². The van der Waals surface area contributed by atoms with E-state index >= 15 is 0 Å². The lowest BCUT2D eigenvalue weighted by Crippen LogP contribution is -1.92. The number of aromatic nitrogens is 8. The van der Waals surface area contributed by atoms with Crippen molar-refractivity contribution in [3.8, 4) is 22.8 Å². The number of hydrogen-bond acceptors (Lipinski definition) is 10. The highest BCUT2D eigenvalue weighted by atomic mass is 35.5. The molecular formula is C24H20ClFN10S2. The molecule has 0 aliphatic rings. The van der Waals surface area contributed by atoms with Gasteiger partial charge in [0.15, 0.2) is 11.6 Å². The molecule has 4 aromatic heterocycles. The van der Waals surface area contributed by atoms with Gasteiger partial charge in [-0.1, -0.05) is 35.9 Å². The number of benzene rings is 2. The number of para-hydroxylation sites is 2. The van der Waals surface area contributed by atoms with Crippen molar-refractivity contribution < 1.29 is 4.39 Å². The highest BCUT2D eigenvalue weighted by molar-refractivity contribution is 7.10. The lowest BCUT2D eigenvalue weighted by atomic mass is 10.2. The van der Waals surface area contributed by atoms with E-state index in [0.717, 1.165) is 28.2 Å². The Bertz CT molecular complexity index is 1530. The summed E-state index contributed by atoms with van der Waals surface area (Å²) >= 11 is 8.55. The zero-order valence-corrected chi connectivity index (χ0v) is 22.4. The van der Waals surface area contributed by atoms with Gasteiger partial charge < -0.3 is 10.6 Å².